The number of ether oxygens (including phenoxy) is 1. The molecule has 1 fully saturated rings. The third kappa shape index (κ3) is 5.46. The predicted octanol–water partition coefficient (Wildman–Crippen LogP) is 3.51. The summed E-state index contributed by atoms with van der Waals surface area (Å²) in [6, 6.07) is 15.1. The van der Waals surface area contributed by atoms with Gasteiger partial charge in [-0.3, -0.25) is 9.21 Å². The van der Waals surface area contributed by atoms with Gasteiger partial charge < -0.3 is 10.1 Å². The summed E-state index contributed by atoms with van der Waals surface area (Å²) in [7, 11) is -3.82. The Kier molecular flexibility index (Phi) is 7.95. The number of hydrogen-bond acceptors (Lipinski definition) is 6. The van der Waals surface area contributed by atoms with E-state index in [-0.39, 0.29) is 30.0 Å². The maximum absolute atomic E-state index is 13.4. The molecular formula is C24H30N4O4S. The Morgan fingerprint density at radius 2 is 2.00 bits per heavy atom. The number of nitrogens with one attached hydrogen (secondary N) is 1. The number of nitriles is 1. The average Bonchev–Trinajstić information content (AvgIpc) is 2.82. The number of carbonyl (C=O) groups is 1. The topological polar surface area (TPSA) is 103 Å². The summed E-state index contributed by atoms with van der Waals surface area (Å²) >= 11 is 0. The van der Waals surface area contributed by atoms with Crippen molar-refractivity contribution in [2.45, 2.75) is 31.7 Å². The van der Waals surface area contributed by atoms with E-state index in [2.05, 4.69) is 11.4 Å². The van der Waals surface area contributed by atoms with E-state index in [9.17, 15) is 18.5 Å². The minimum atomic E-state index is -3.82. The maximum atomic E-state index is 13.4. The van der Waals surface area contributed by atoms with Crippen LogP contribution in [0.25, 0.3) is 0 Å². The number of hydrogen-bond donors (Lipinski definition) is 1. The van der Waals surface area contributed by atoms with E-state index in [1.807, 2.05) is 13.8 Å². The second-order valence-corrected chi connectivity index (χ2v) is 10.1. The third-order valence-corrected chi connectivity index (χ3v) is 7.22. The fourth-order valence-corrected chi connectivity index (χ4v) is 5.53. The molecule has 3 rings (SSSR count). The molecule has 0 aromatic heterocycles. The second-order valence-electron chi connectivity index (χ2n) is 8.24. The summed E-state index contributed by atoms with van der Waals surface area (Å²) in [4.78, 5) is 14.3. The Morgan fingerprint density at radius 1 is 1.27 bits per heavy atom. The van der Waals surface area contributed by atoms with Crippen molar-refractivity contribution in [3.63, 3.8) is 0 Å². The van der Waals surface area contributed by atoms with E-state index in [1.165, 1.54) is 4.31 Å². The summed E-state index contributed by atoms with van der Waals surface area (Å²) in [6.45, 7) is 7.73. The molecule has 1 N–H and O–H groups in total. The van der Waals surface area contributed by atoms with E-state index < -0.39 is 16.1 Å². The van der Waals surface area contributed by atoms with Gasteiger partial charge in [0.2, 0.25) is 0 Å². The molecule has 1 aliphatic heterocycles. The van der Waals surface area contributed by atoms with Crippen LogP contribution in [0.4, 0.5) is 10.5 Å². The van der Waals surface area contributed by atoms with E-state index in [1.54, 1.807) is 60.4 Å². The van der Waals surface area contributed by atoms with E-state index in [0.717, 1.165) is 0 Å². The minimum Gasteiger partial charge on any atom is -0.450 e. The molecule has 1 unspecified atom stereocenters. The first-order chi connectivity index (χ1) is 15.8. The van der Waals surface area contributed by atoms with E-state index in [4.69, 9.17) is 4.74 Å². The smallest absolute Gasteiger partial charge is 0.410 e. The van der Waals surface area contributed by atoms with Crippen LogP contribution in [0.2, 0.25) is 0 Å². The van der Waals surface area contributed by atoms with Gasteiger partial charge in [-0.1, -0.05) is 38.1 Å². The number of amides is 1. The van der Waals surface area contributed by atoms with Crippen LogP contribution < -0.4 is 9.62 Å². The van der Waals surface area contributed by atoms with E-state index in [0.29, 0.717) is 36.4 Å². The molecule has 0 aliphatic carbocycles. The van der Waals surface area contributed by atoms with Gasteiger partial charge in [0, 0.05) is 26.2 Å². The largest absolute Gasteiger partial charge is 0.450 e. The second kappa shape index (κ2) is 10.7. The van der Waals surface area contributed by atoms with Crippen LogP contribution in [0, 0.1) is 17.2 Å². The van der Waals surface area contributed by atoms with Crippen molar-refractivity contribution >= 4 is 21.8 Å². The highest BCUT2D eigenvalue weighted by molar-refractivity contribution is 7.92. The lowest BCUT2D eigenvalue weighted by molar-refractivity contribution is 0.0810. The number of piperazine rings is 1. The summed E-state index contributed by atoms with van der Waals surface area (Å²) < 4.78 is 33.4. The summed E-state index contributed by atoms with van der Waals surface area (Å²) in [5.41, 5.74) is 1.40. The minimum absolute atomic E-state index is 0.0653. The van der Waals surface area contributed by atoms with Crippen molar-refractivity contribution < 1.29 is 17.9 Å². The lowest BCUT2D eigenvalue weighted by Crippen LogP contribution is -2.49. The Balaban J connectivity index is 2.03. The first kappa shape index (κ1) is 24.6. The van der Waals surface area contributed by atoms with E-state index >= 15 is 0 Å². The van der Waals surface area contributed by atoms with Gasteiger partial charge in [-0.15, -0.1) is 0 Å². The molecule has 0 spiro atoms. The van der Waals surface area contributed by atoms with Gasteiger partial charge in [-0.25, -0.2) is 13.2 Å². The first-order valence-electron chi connectivity index (χ1n) is 11.1. The van der Waals surface area contributed by atoms with Crippen molar-refractivity contribution in [1.29, 1.82) is 5.26 Å². The highest BCUT2D eigenvalue weighted by Gasteiger charge is 2.32. The maximum Gasteiger partial charge on any atom is 0.410 e. The van der Waals surface area contributed by atoms with Crippen molar-refractivity contribution in [2.24, 2.45) is 5.92 Å². The zero-order valence-corrected chi connectivity index (χ0v) is 20.0. The van der Waals surface area contributed by atoms with Gasteiger partial charge in [0.25, 0.3) is 10.0 Å². The molecule has 1 aliphatic rings. The highest BCUT2D eigenvalue weighted by Crippen LogP contribution is 2.31. The van der Waals surface area contributed by atoms with Crippen LogP contribution >= 0.6 is 0 Å². The van der Waals surface area contributed by atoms with Gasteiger partial charge in [-0.05, 0) is 42.7 Å². The number of rotatable bonds is 7. The molecule has 9 heteroatoms. The molecule has 2 aromatic rings. The molecule has 0 bridgehead atoms. The quantitative estimate of drug-likeness (QED) is 0.664. The van der Waals surface area contributed by atoms with Gasteiger partial charge in [0.15, 0.2) is 0 Å². The lowest BCUT2D eigenvalue weighted by atomic mass is 9.97. The van der Waals surface area contributed by atoms with Crippen molar-refractivity contribution in [3.05, 3.63) is 59.7 Å². The fourth-order valence-electron chi connectivity index (χ4n) is 3.89. The molecule has 176 valence electrons. The Labute approximate surface area is 195 Å². The first-order valence-corrected chi connectivity index (χ1v) is 12.5. The number of nitrogens with zero attached hydrogens (tertiary/aromatic N) is 3. The third-order valence-electron chi connectivity index (χ3n) is 5.41. The van der Waals surface area contributed by atoms with Crippen molar-refractivity contribution in [3.8, 4) is 6.07 Å². The van der Waals surface area contributed by atoms with Crippen LogP contribution in [0.15, 0.2) is 53.4 Å². The summed E-state index contributed by atoms with van der Waals surface area (Å²) in [6.07, 6.45) is -0.426. The van der Waals surface area contributed by atoms with Gasteiger partial charge in [0.05, 0.1) is 34.9 Å². The van der Waals surface area contributed by atoms with Crippen LogP contribution in [0.1, 0.15) is 37.9 Å². The Bertz CT molecular complexity index is 1110. The Hall–Kier alpha value is -3.09. The van der Waals surface area contributed by atoms with Gasteiger partial charge in [0.1, 0.15) is 0 Å². The molecule has 8 nitrogen and oxygen atoms in total. The SMILES string of the molecule is CCOC(=O)N1CCNCC1c1ccc(N(CC(C)C)S(=O)(=O)c2ccccc2)cc1C#N. The normalized spacial score (nSPS) is 16.3. The molecule has 0 saturated carbocycles. The molecular weight excluding hydrogens is 440 g/mol. The monoisotopic (exact) mass is 470 g/mol. The molecule has 0 radical (unpaired) electrons. The highest BCUT2D eigenvalue weighted by atomic mass is 32.2. The number of sulfonamides is 1. The molecule has 1 atom stereocenters. The zero-order chi connectivity index (χ0) is 24.0. The molecule has 33 heavy (non-hydrogen) atoms. The predicted molar refractivity (Wildman–Crippen MR) is 126 cm³/mol. The fraction of sp³-hybridized carbons (Fsp3) is 0.417. The molecule has 2 aromatic carbocycles. The lowest BCUT2D eigenvalue weighted by Gasteiger charge is -2.36. The molecule has 1 amide bonds. The summed E-state index contributed by atoms with van der Waals surface area (Å²) in [5, 5.41) is 13.2. The number of anilines is 1. The summed E-state index contributed by atoms with van der Waals surface area (Å²) in [5.74, 6) is 0.0653. The van der Waals surface area contributed by atoms with Crippen LogP contribution in [-0.4, -0.2) is 52.2 Å². The number of benzene rings is 2. The Morgan fingerprint density at radius 3 is 2.64 bits per heavy atom. The number of carbonyl (C=O) groups excluding carboxylic acids is 1. The zero-order valence-electron chi connectivity index (χ0n) is 19.2. The average molecular weight is 471 g/mol. The molecule has 1 heterocycles. The van der Waals surface area contributed by atoms with Gasteiger partial charge in [-0.2, -0.15) is 5.26 Å². The molecule has 1 saturated heterocycles. The van der Waals surface area contributed by atoms with Crippen LogP contribution in [0.3, 0.4) is 0 Å². The standard InChI is InChI=1S/C24H30N4O4S/c1-4-32-24(29)27-13-12-26-16-23(27)22-11-10-20(14-19(22)15-25)28(17-18(2)3)33(30,31)21-8-6-5-7-9-21/h5-11,14,18,23,26H,4,12-13,16-17H2,1-3H3. The van der Waals surface area contributed by atoms with Gasteiger partial charge >= 0.3 is 6.09 Å². The van der Waals surface area contributed by atoms with Crippen LogP contribution in [0.5, 0.6) is 0 Å². The van der Waals surface area contributed by atoms with Crippen LogP contribution in [-0.2, 0) is 14.8 Å². The van der Waals surface area contributed by atoms with Crippen molar-refractivity contribution in [1.82, 2.24) is 10.2 Å². The van der Waals surface area contributed by atoms with Crippen molar-refractivity contribution in [2.75, 3.05) is 37.1 Å².